The van der Waals surface area contributed by atoms with Gasteiger partial charge in [-0.15, -0.1) is 0 Å². The van der Waals surface area contributed by atoms with Crippen molar-refractivity contribution in [3.05, 3.63) is 0 Å². The van der Waals surface area contributed by atoms with Crippen LogP contribution in [0.2, 0.25) is 0 Å². The number of nitrogens with two attached hydrogens (primary N) is 1. The van der Waals surface area contributed by atoms with Gasteiger partial charge in [-0.2, -0.15) is 0 Å². The molecule has 0 radical (unpaired) electrons. The summed E-state index contributed by atoms with van der Waals surface area (Å²) >= 11 is 0. The molecule has 0 aromatic carbocycles. The van der Waals surface area contributed by atoms with Gasteiger partial charge >= 0.3 is 0 Å². The average Bonchev–Trinajstić information content (AvgIpc) is 2.65. The van der Waals surface area contributed by atoms with Crippen LogP contribution >= 0.6 is 0 Å². The molecule has 1 saturated carbocycles. The molecule has 2 nitrogen and oxygen atoms in total. The summed E-state index contributed by atoms with van der Waals surface area (Å²) in [5.41, 5.74) is 5.99. The number of nitrogens with one attached hydrogen (secondary N) is 1. The third kappa shape index (κ3) is 1.80. The standard InChI is InChI=1S/C10H20N2/c11-10-7-12-6-9(10)5-8-3-1-2-4-8/h8-10,12H,1-7,11H2/t9-,10+/m1/s1. The molecule has 1 saturated heterocycles. The minimum absolute atomic E-state index is 0.436. The highest BCUT2D eigenvalue weighted by molar-refractivity contribution is 4.86. The topological polar surface area (TPSA) is 38.0 Å². The van der Waals surface area contributed by atoms with Crippen molar-refractivity contribution in [3.8, 4) is 0 Å². The summed E-state index contributed by atoms with van der Waals surface area (Å²) < 4.78 is 0. The number of hydrogen-bond donors (Lipinski definition) is 2. The average molecular weight is 168 g/mol. The smallest absolute Gasteiger partial charge is 0.0206 e. The summed E-state index contributed by atoms with van der Waals surface area (Å²) in [6, 6.07) is 0.436. The van der Waals surface area contributed by atoms with Crippen LogP contribution in [0.1, 0.15) is 32.1 Å². The monoisotopic (exact) mass is 168 g/mol. The van der Waals surface area contributed by atoms with Gasteiger partial charge in [-0.3, -0.25) is 0 Å². The van der Waals surface area contributed by atoms with Crippen LogP contribution in [0.5, 0.6) is 0 Å². The Bertz CT molecular complexity index is 141. The molecule has 0 aromatic heterocycles. The third-order valence-corrected chi connectivity index (χ3v) is 3.50. The van der Waals surface area contributed by atoms with E-state index < -0.39 is 0 Å². The zero-order chi connectivity index (χ0) is 8.39. The van der Waals surface area contributed by atoms with Crippen LogP contribution in [-0.2, 0) is 0 Å². The maximum Gasteiger partial charge on any atom is 0.0206 e. The van der Waals surface area contributed by atoms with Crippen LogP contribution in [0, 0.1) is 11.8 Å². The fourth-order valence-electron chi connectivity index (χ4n) is 2.69. The van der Waals surface area contributed by atoms with Gasteiger partial charge in [0.2, 0.25) is 0 Å². The summed E-state index contributed by atoms with van der Waals surface area (Å²) in [5, 5.41) is 3.37. The van der Waals surface area contributed by atoms with Crippen molar-refractivity contribution >= 4 is 0 Å². The Balaban J connectivity index is 1.77. The van der Waals surface area contributed by atoms with Gasteiger partial charge in [0.15, 0.2) is 0 Å². The van der Waals surface area contributed by atoms with Gasteiger partial charge in [0.1, 0.15) is 0 Å². The second kappa shape index (κ2) is 3.75. The van der Waals surface area contributed by atoms with Crippen LogP contribution in [0.25, 0.3) is 0 Å². The Morgan fingerprint density at radius 3 is 2.50 bits per heavy atom. The minimum atomic E-state index is 0.436. The van der Waals surface area contributed by atoms with E-state index >= 15 is 0 Å². The lowest BCUT2D eigenvalue weighted by molar-refractivity contribution is 0.372. The Hall–Kier alpha value is -0.0800. The SMILES string of the molecule is N[C@H]1CNC[C@H]1CC1CCCC1. The molecular formula is C10H20N2. The van der Waals surface area contributed by atoms with Crippen molar-refractivity contribution in [3.63, 3.8) is 0 Å². The Kier molecular flexibility index (Phi) is 2.66. The molecule has 1 aliphatic carbocycles. The van der Waals surface area contributed by atoms with Gasteiger partial charge in [-0.1, -0.05) is 25.7 Å². The maximum atomic E-state index is 5.99. The van der Waals surface area contributed by atoms with E-state index in [0.717, 1.165) is 24.9 Å². The van der Waals surface area contributed by atoms with E-state index in [2.05, 4.69) is 5.32 Å². The Labute approximate surface area is 74.9 Å². The van der Waals surface area contributed by atoms with Crippen molar-refractivity contribution < 1.29 is 0 Å². The third-order valence-electron chi connectivity index (χ3n) is 3.50. The molecule has 1 aliphatic heterocycles. The lowest BCUT2D eigenvalue weighted by atomic mass is 9.90. The van der Waals surface area contributed by atoms with Crippen LogP contribution in [0.3, 0.4) is 0 Å². The highest BCUT2D eigenvalue weighted by atomic mass is 15.0. The summed E-state index contributed by atoms with van der Waals surface area (Å²) in [6.45, 7) is 2.20. The van der Waals surface area contributed by atoms with Crippen molar-refractivity contribution in [1.29, 1.82) is 0 Å². The second-order valence-corrected chi connectivity index (χ2v) is 4.47. The van der Waals surface area contributed by atoms with E-state index in [4.69, 9.17) is 5.73 Å². The Morgan fingerprint density at radius 1 is 1.17 bits per heavy atom. The molecule has 0 amide bonds. The predicted molar refractivity (Wildman–Crippen MR) is 50.9 cm³/mol. The lowest BCUT2D eigenvalue weighted by Crippen LogP contribution is -2.29. The molecule has 70 valence electrons. The first kappa shape index (κ1) is 8.52. The quantitative estimate of drug-likeness (QED) is 0.648. The molecule has 2 rings (SSSR count). The fraction of sp³-hybridized carbons (Fsp3) is 1.00. The first-order chi connectivity index (χ1) is 5.86. The van der Waals surface area contributed by atoms with E-state index in [9.17, 15) is 0 Å². The summed E-state index contributed by atoms with van der Waals surface area (Å²) in [4.78, 5) is 0. The zero-order valence-corrected chi connectivity index (χ0v) is 7.76. The van der Waals surface area contributed by atoms with Crippen molar-refractivity contribution in [2.24, 2.45) is 17.6 Å². The molecule has 2 heteroatoms. The van der Waals surface area contributed by atoms with Gasteiger partial charge in [-0.05, 0) is 24.8 Å². The Morgan fingerprint density at radius 2 is 1.92 bits per heavy atom. The lowest BCUT2D eigenvalue weighted by Gasteiger charge is -2.18. The van der Waals surface area contributed by atoms with Crippen molar-refractivity contribution in [1.82, 2.24) is 5.32 Å². The highest BCUT2D eigenvalue weighted by Gasteiger charge is 2.27. The maximum absolute atomic E-state index is 5.99. The molecule has 3 N–H and O–H groups in total. The van der Waals surface area contributed by atoms with Gasteiger partial charge in [0.05, 0.1) is 0 Å². The first-order valence-corrected chi connectivity index (χ1v) is 5.32. The van der Waals surface area contributed by atoms with E-state index in [0.29, 0.717) is 6.04 Å². The number of rotatable bonds is 2. The van der Waals surface area contributed by atoms with Gasteiger partial charge < -0.3 is 11.1 Å². The molecule has 2 aliphatic rings. The van der Waals surface area contributed by atoms with Crippen LogP contribution < -0.4 is 11.1 Å². The van der Waals surface area contributed by atoms with Crippen LogP contribution in [0.15, 0.2) is 0 Å². The molecule has 2 atom stereocenters. The van der Waals surface area contributed by atoms with Gasteiger partial charge in [-0.25, -0.2) is 0 Å². The van der Waals surface area contributed by atoms with E-state index in [1.54, 1.807) is 0 Å². The molecule has 2 fully saturated rings. The van der Waals surface area contributed by atoms with Gasteiger partial charge in [0.25, 0.3) is 0 Å². The normalized spacial score (nSPS) is 37.8. The summed E-state index contributed by atoms with van der Waals surface area (Å²) in [6.07, 6.45) is 7.22. The van der Waals surface area contributed by atoms with E-state index in [-0.39, 0.29) is 0 Å². The second-order valence-electron chi connectivity index (χ2n) is 4.47. The van der Waals surface area contributed by atoms with Crippen LogP contribution in [-0.4, -0.2) is 19.1 Å². The summed E-state index contributed by atoms with van der Waals surface area (Å²) in [7, 11) is 0. The van der Waals surface area contributed by atoms with Crippen molar-refractivity contribution in [2.45, 2.75) is 38.1 Å². The molecule has 0 aromatic rings. The molecule has 0 spiro atoms. The van der Waals surface area contributed by atoms with Crippen LogP contribution in [0.4, 0.5) is 0 Å². The van der Waals surface area contributed by atoms with Gasteiger partial charge in [0, 0.05) is 12.6 Å². The highest BCUT2D eigenvalue weighted by Crippen LogP contribution is 2.31. The zero-order valence-electron chi connectivity index (χ0n) is 7.76. The fourth-order valence-corrected chi connectivity index (χ4v) is 2.69. The molecule has 0 unspecified atom stereocenters. The summed E-state index contributed by atoms with van der Waals surface area (Å²) in [5.74, 6) is 1.77. The van der Waals surface area contributed by atoms with E-state index in [1.807, 2.05) is 0 Å². The minimum Gasteiger partial charge on any atom is -0.326 e. The molecule has 12 heavy (non-hydrogen) atoms. The largest absolute Gasteiger partial charge is 0.326 e. The predicted octanol–water partition coefficient (Wildman–Crippen LogP) is 1.11. The molecule has 1 heterocycles. The van der Waals surface area contributed by atoms with E-state index in [1.165, 1.54) is 32.1 Å². The van der Waals surface area contributed by atoms with Crippen molar-refractivity contribution in [2.75, 3.05) is 13.1 Å². The first-order valence-electron chi connectivity index (χ1n) is 5.32. The molecular weight excluding hydrogens is 148 g/mol. The molecule has 0 bridgehead atoms. The number of hydrogen-bond acceptors (Lipinski definition) is 2.